The highest BCUT2D eigenvalue weighted by Gasteiger charge is 2.27. The van der Waals surface area contributed by atoms with E-state index in [0.29, 0.717) is 22.0 Å². The first-order valence-corrected chi connectivity index (χ1v) is 9.73. The van der Waals surface area contributed by atoms with Gasteiger partial charge < -0.3 is 20.3 Å². The third kappa shape index (κ3) is 5.40. The number of nitrogens with one attached hydrogen (secondary N) is 2. The van der Waals surface area contributed by atoms with Crippen molar-refractivity contribution in [2.75, 3.05) is 32.6 Å². The summed E-state index contributed by atoms with van der Waals surface area (Å²) in [7, 11) is 3.27. The number of amides is 2. The van der Waals surface area contributed by atoms with Gasteiger partial charge in [-0.15, -0.1) is 11.3 Å². The number of carbonyl (C=O) groups excluding carboxylic acids is 3. The third-order valence-corrected chi connectivity index (χ3v) is 5.13. The quantitative estimate of drug-likeness (QED) is 0.662. The van der Waals surface area contributed by atoms with Crippen LogP contribution in [0.4, 0.5) is 5.00 Å². The minimum Gasteiger partial charge on any atom is -0.462 e. The van der Waals surface area contributed by atoms with E-state index in [0.717, 1.165) is 16.9 Å². The van der Waals surface area contributed by atoms with Crippen LogP contribution >= 0.6 is 11.3 Å². The lowest BCUT2D eigenvalue weighted by atomic mass is 10.1. The van der Waals surface area contributed by atoms with Gasteiger partial charge in [0.2, 0.25) is 5.91 Å². The monoisotopic (exact) mass is 403 g/mol. The van der Waals surface area contributed by atoms with Crippen molar-refractivity contribution in [2.45, 2.75) is 20.4 Å². The van der Waals surface area contributed by atoms with Crippen LogP contribution in [0, 0.1) is 6.92 Å². The summed E-state index contributed by atoms with van der Waals surface area (Å²) in [6.45, 7) is 4.22. The van der Waals surface area contributed by atoms with E-state index >= 15 is 0 Å². The van der Waals surface area contributed by atoms with Crippen LogP contribution in [0.2, 0.25) is 0 Å². The highest BCUT2D eigenvalue weighted by molar-refractivity contribution is 7.18. The molecule has 2 aromatic rings. The Morgan fingerprint density at radius 1 is 1.14 bits per heavy atom. The molecule has 2 rings (SSSR count). The molecule has 0 radical (unpaired) electrons. The molecule has 0 saturated heterocycles. The maximum absolute atomic E-state index is 12.4. The molecule has 1 aromatic heterocycles. The molecule has 7 nitrogen and oxygen atoms in total. The van der Waals surface area contributed by atoms with E-state index in [1.54, 1.807) is 27.9 Å². The molecule has 2 N–H and O–H groups in total. The molecule has 150 valence electrons. The molecule has 1 aromatic carbocycles. The fraction of sp³-hybridized carbons (Fsp3) is 0.350. The van der Waals surface area contributed by atoms with E-state index in [1.165, 1.54) is 4.90 Å². The Balaban J connectivity index is 2.13. The van der Waals surface area contributed by atoms with Gasteiger partial charge in [0.05, 0.1) is 23.6 Å². The van der Waals surface area contributed by atoms with Crippen LogP contribution in [0.3, 0.4) is 0 Å². The van der Waals surface area contributed by atoms with Crippen molar-refractivity contribution < 1.29 is 19.1 Å². The van der Waals surface area contributed by atoms with Gasteiger partial charge >= 0.3 is 5.97 Å². The Bertz CT molecular complexity index is 847. The standard InChI is InChI=1S/C20H25N3O4S/c1-5-27-20(26)16-13(2)17(19(25)23(3)4)28-18(16)22-15(24)12-21-11-14-9-7-6-8-10-14/h6-10,21H,5,11-12H2,1-4H3,(H,22,24). The van der Waals surface area contributed by atoms with E-state index < -0.39 is 5.97 Å². The number of anilines is 1. The molecular weight excluding hydrogens is 378 g/mol. The van der Waals surface area contributed by atoms with Crippen LogP contribution in [-0.4, -0.2) is 49.9 Å². The lowest BCUT2D eigenvalue weighted by molar-refractivity contribution is -0.115. The van der Waals surface area contributed by atoms with E-state index in [-0.39, 0.29) is 30.5 Å². The summed E-state index contributed by atoms with van der Waals surface area (Å²) in [5.41, 5.74) is 1.80. The van der Waals surface area contributed by atoms with Crippen molar-refractivity contribution in [2.24, 2.45) is 0 Å². The highest BCUT2D eigenvalue weighted by Crippen LogP contribution is 2.34. The van der Waals surface area contributed by atoms with Gasteiger partial charge in [-0.3, -0.25) is 9.59 Å². The Hall–Kier alpha value is -2.71. The fourth-order valence-electron chi connectivity index (χ4n) is 2.54. The zero-order chi connectivity index (χ0) is 20.7. The van der Waals surface area contributed by atoms with Crippen molar-refractivity contribution in [1.82, 2.24) is 10.2 Å². The van der Waals surface area contributed by atoms with Crippen LogP contribution in [-0.2, 0) is 16.1 Å². The third-order valence-electron chi connectivity index (χ3n) is 3.94. The Morgan fingerprint density at radius 3 is 2.43 bits per heavy atom. The zero-order valence-electron chi connectivity index (χ0n) is 16.5. The molecule has 1 heterocycles. The lowest BCUT2D eigenvalue weighted by Gasteiger charge is -2.09. The molecule has 28 heavy (non-hydrogen) atoms. The van der Waals surface area contributed by atoms with Crippen molar-refractivity contribution in [3.63, 3.8) is 0 Å². The molecule has 0 atom stereocenters. The van der Waals surface area contributed by atoms with Crippen molar-refractivity contribution >= 4 is 34.1 Å². The maximum Gasteiger partial charge on any atom is 0.341 e. The largest absolute Gasteiger partial charge is 0.462 e. The molecule has 0 aliphatic carbocycles. The summed E-state index contributed by atoms with van der Waals surface area (Å²) in [6, 6.07) is 9.72. The van der Waals surface area contributed by atoms with E-state index in [4.69, 9.17) is 4.74 Å². The topological polar surface area (TPSA) is 87.7 Å². The predicted molar refractivity (Wildman–Crippen MR) is 110 cm³/mol. The summed E-state index contributed by atoms with van der Waals surface area (Å²) in [5, 5.41) is 6.12. The van der Waals surface area contributed by atoms with Gasteiger partial charge in [0, 0.05) is 20.6 Å². The number of hydrogen-bond acceptors (Lipinski definition) is 6. The average Bonchev–Trinajstić information content (AvgIpc) is 2.97. The normalized spacial score (nSPS) is 10.4. The first-order valence-electron chi connectivity index (χ1n) is 8.91. The van der Waals surface area contributed by atoms with Gasteiger partial charge in [-0.2, -0.15) is 0 Å². The first kappa shape index (κ1) is 21.6. The van der Waals surface area contributed by atoms with E-state index in [1.807, 2.05) is 30.3 Å². The number of ether oxygens (including phenoxy) is 1. The highest BCUT2D eigenvalue weighted by atomic mass is 32.1. The van der Waals surface area contributed by atoms with Gasteiger partial charge in [-0.1, -0.05) is 30.3 Å². The molecule has 0 aliphatic heterocycles. The SMILES string of the molecule is CCOC(=O)c1c(NC(=O)CNCc2ccccc2)sc(C(=O)N(C)C)c1C. The number of thiophene rings is 1. The summed E-state index contributed by atoms with van der Waals surface area (Å²) in [5.74, 6) is -1.08. The second-order valence-corrected chi connectivity index (χ2v) is 7.34. The summed E-state index contributed by atoms with van der Waals surface area (Å²) >= 11 is 1.08. The van der Waals surface area contributed by atoms with E-state index in [2.05, 4.69) is 10.6 Å². The number of esters is 1. The van der Waals surface area contributed by atoms with Crippen LogP contribution < -0.4 is 10.6 Å². The fourth-order valence-corrected chi connectivity index (χ4v) is 3.78. The molecule has 2 amide bonds. The average molecular weight is 404 g/mol. The van der Waals surface area contributed by atoms with Crippen LogP contribution in [0.15, 0.2) is 30.3 Å². The molecular formula is C20H25N3O4S. The maximum atomic E-state index is 12.4. The van der Waals surface area contributed by atoms with Crippen molar-refractivity contribution in [3.05, 3.63) is 51.9 Å². The summed E-state index contributed by atoms with van der Waals surface area (Å²) < 4.78 is 5.10. The Kier molecular flexibility index (Phi) is 7.71. The van der Waals surface area contributed by atoms with Gasteiger partial charge in [0.1, 0.15) is 5.00 Å². The number of benzene rings is 1. The number of rotatable bonds is 8. The number of hydrogen-bond donors (Lipinski definition) is 2. The van der Waals surface area contributed by atoms with E-state index in [9.17, 15) is 14.4 Å². The lowest BCUT2D eigenvalue weighted by Crippen LogP contribution is -2.28. The second kappa shape index (κ2) is 10.0. The summed E-state index contributed by atoms with van der Waals surface area (Å²) in [4.78, 5) is 38.9. The Labute approximate surface area is 168 Å². The Morgan fingerprint density at radius 2 is 1.82 bits per heavy atom. The molecule has 0 unspecified atom stereocenters. The summed E-state index contributed by atoms with van der Waals surface area (Å²) in [6.07, 6.45) is 0. The molecule has 8 heteroatoms. The van der Waals surface area contributed by atoms with Crippen LogP contribution in [0.1, 0.15) is 38.1 Å². The minimum absolute atomic E-state index is 0.0745. The van der Waals surface area contributed by atoms with Crippen LogP contribution in [0.25, 0.3) is 0 Å². The zero-order valence-corrected chi connectivity index (χ0v) is 17.3. The van der Waals surface area contributed by atoms with Crippen molar-refractivity contribution in [1.29, 1.82) is 0 Å². The number of carbonyl (C=O) groups is 3. The van der Waals surface area contributed by atoms with Crippen LogP contribution in [0.5, 0.6) is 0 Å². The molecule has 0 fully saturated rings. The number of nitrogens with zero attached hydrogens (tertiary/aromatic N) is 1. The van der Waals surface area contributed by atoms with Gasteiger partial charge in [0.15, 0.2) is 0 Å². The molecule has 0 aliphatic rings. The first-order chi connectivity index (χ1) is 13.3. The molecule has 0 spiro atoms. The molecule has 0 saturated carbocycles. The van der Waals surface area contributed by atoms with Gasteiger partial charge in [-0.05, 0) is 25.0 Å². The second-order valence-electron chi connectivity index (χ2n) is 6.32. The van der Waals surface area contributed by atoms with Crippen molar-refractivity contribution in [3.8, 4) is 0 Å². The van der Waals surface area contributed by atoms with Gasteiger partial charge in [-0.25, -0.2) is 4.79 Å². The smallest absolute Gasteiger partial charge is 0.341 e. The van der Waals surface area contributed by atoms with Gasteiger partial charge in [0.25, 0.3) is 5.91 Å². The molecule has 0 bridgehead atoms. The minimum atomic E-state index is -0.554. The predicted octanol–water partition coefficient (Wildman–Crippen LogP) is 2.66.